The minimum absolute atomic E-state index is 0.545. The largest absolute Gasteiger partial charge is 0.311 e. The Kier molecular flexibility index (Phi) is 5.76. The summed E-state index contributed by atoms with van der Waals surface area (Å²) >= 11 is 0. The van der Waals surface area contributed by atoms with Crippen molar-refractivity contribution in [3.63, 3.8) is 0 Å². The summed E-state index contributed by atoms with van der Waals surface area (Å²) in [5, 5.41) is 3.83. The van der Waals surface area contributed by atoms with Crippen LogP contribution in [-0.4, -0.2) is 36.1 Å². The Labute approximate surface area is 133 Å². The number of nitrogens with zero attached hydrogens (tertiary/aromatic N) is 1. The van der Waals surface area contributed by atoms with Crippen molar-refractivity contribution in [3.05, 3.63) is 0 Å². The topological polar surface area (TPSA) is 15.3 Å². The highest BCUT2D eigenvalue weighted by atomic mass is 15.3. The standard InChI is InChI=1S/C19H38N2/c1-14(2)10-16-13-21(18(12-20-16)15(3)4)17-8-7-9-19(5,6)11-17/h14-18,20H,7-13H2,1-6H3. The lowest BCUT2D eigenvalue weighted by atomic mass is 9.74. The van der Waals surface area contributed by atoms with E-state index in [0.717, 1.165) is 23.9 Å². The van der Waals surface area contributed by atoms with Gasteiger partial charge in [-0.05, 0) is 42.9 Å². The van der Waals surface area contributed by atoms with Gasteiger partial charge in [0, 0.05) is 31.2 Å². The van der Waals surface area contributed by atoms with Crippen molar-refractivity contribution in [1.29, 1.82) is 0 Å². The SMILES string of the molecule is CC(C)CC1CN(C2CCCC(C)(C)C2)C(C(C)C)CN1. The summed E-state index contributed by atoms with van der Waals surface area (Å²) in [6.07, 6.45) is 6.96. The molecule has 2 aliphatic rings. The Morgan fingerprint density at radius 1 is 1.19 bits per heavy atom. The summed E-state index contributed by atoms with van der Waals surface area (Å²) in [6.45, 7) is 16.9. The summed E-state index contributed by atoms with van der Waals surface area (Å²) in [5.41, 5.74) is 0.545. The molecular weight excluding hydrogens is 256 g/mol. The quantitative estimate of drug-likeness (QED) is 0.831. The third kappa shape index (κ3) is 4.69. The Bertz CT molecular complexity index is 322. The summed E-state index contributed by atoms with van der Waals surface area (Å²) in [7, 11) is 0. The second-order valence-corrected chi connectivity index (χ2v) is 9.16. The molecular formula is C19H38N2. The summed E-state index contributed by atoms with van der Waals surface area (Å²) in [5.74, 6) is 1.55. The molecule has 124 valence electrons. The minimum Gasteiger partial charge on any atom is -0.311 e. The average molecular weight is 295 g/mol. The van der Waals surface area contributed by atoms with Crippen molar-refractivity contribution < 1.29 is 0 Å². The van der Waals surface area contributed by atoms with E-state index in [-0.39, 0.29) is 0 Å². The third-order valence-corrected chi connectivity index (χ3v) is 5.65. The maximum absolute atomic E-state index is 3.83. The maximum atomic E-state index is 3.83. The molecule has 0 bridgehead atoms. The van der Waals surface area contributed by atoms with Gasteiger partial charge in [-0.25, -0.2) is 0 Å². The van der Waals surface area contributed by atoms with Gasteiger partial charge in [0.15, 0.2) is 0 Å². The molecule has 2 nitrogen and oxygen atoms in total. The van der Waals surface area contributed by atoms with E-state index >= 15 is 0 Å². The first-order valence-electron chi connectivity index (χ1n) is 9.27. The third-order valence-electron chi connectivity index (χ3n) is 5.65. The monoisotopic (exact) mass is 294 g/mol. The minimum atomic E-state index is 0.545. The molecule has 1 N–H and O–H groups in total. The number of hydrogen-bond donors (Lipinski definition) is 1. The molecule has 2 heteroatoms. The van der Waals surface area contributed by atoms with Gasteiger partial charge in [-0.3, -0.25) is 4.90 Å². The first-order chi connectivity index (χ1) is 9.78. The van der Waals surface area contributed by atoms with Crippen LogP contribution in [0.25, 0.3) is 0 Å². The van der Waals surface area contributed by atoms with Crippen LogP contribution in [0, 0.1) is 17.3 Å². The molecule has 1 heterocycles. The molecule has 1 aliphatic carbocycles. The molecule has 0 amide bonds. The van der Waals surface area contributed by atoms with E-state index in [0.29, 0.717) is 11.5 Å². The Morgan fingerprint density at radius 3 is 2.48 bits per heavy atom. The van der Waals surface area contributed by atoms with Gasteiger partial charge < -0.3 is 5.32 Å². The van der Waals surface area contributed by atoms with E-state index in [2.05, 4.69) is 51.8 Å². The highest BCUT2D eigenvalue weighted by Gasteiger charge is 2.38. The van der Waals surface area contributed by atoms with Crippen LogP contribution < -0.4 is 5.32 Å². The van der Waals surface area contributed by atoms with Crippen molar-refractivity contribution in [2.24, 2.45) is 17.3 Å². The Balaban J connectivity index is 2.06. The molecule has 2 fully saturated rings. The van der Waals surface area contributed by atoms with E-state index in [4.69, 9.17) is 0 Å². The van der Waals surface area contributed by atoms with E-state index < -0.39 is 0 Å². The number of rotatable bonds is 4. The van der Waals surface area contributed by atoms with Gasteiger partial charge in [0.2, 0.25) is 0 Å². The summed E-state index contributed by atoms with van der Waals surface area (Å²) in [6, 6.07) is 2.25. The predicted molar refractivity (Wildman–Crippen MR) is 92.6 cm³/mol. The first-order valence-corrected chi connectivity index (χ1v) is 9.27. The molecule has 2 rings (SSSR count). The Morgan fingerprint density at radius 2 is 1.90 bits per heavy atom. The lowest BCUT2D eigenvalue weighted by molar-refractivity contribution is 0.0113. The summed E-state index contributed by atoms with van der Waals surface area (Å²) < 4.78 is 0. The molecule has 0 aromatic carbocycles. The second-order valence-electron chi connectivity index (χ2n) is 9.16. The van der Waals surface area contributed by atoms with Crippen LogP contribution in [0.4, 0.5) is 0 Å². The number of hydrogen-bond acceptors (Lipinski definition) is 2. The predicted octanol–water partition coefficient (Wildman–Crippen LogP) is 4.30. The molecule has 1 saturated carbocycles. The fourth-order valence-electron chi connectivity index (χ4n) is 4.57. The van der Waals surface area contributed by atoms with Gasteiger partial charge in [-0.2, -0.15) is 0 Å². The molecule has 1 aliphatic heterocycles. The van der Waals surface area contributed by atoms with Crippen LogP contribution in [-0.2, 0) is 0 Å². The van der Waals surface area contributed by atoms with E-state index in [1.54, 1.807) is 0 Å². The lowest BCUT2D eigenvalue weighted by Crippen LogP contribution is -2.62. The number of nitrogens with one attached hydrogen (secondary N) is 1. The number of piperazine rings is 1. The van der Waals surface area contributed by atoms with Gasteiger partial charge in [-0.1, -0.05) is 48.0 Å². The smallest absolute Gasteiger partial charge is 0.0247 e. The first kappa shape index (κ1) is 17.3. The van der Waals surface area contributed by atoms with Crippen LogP contribution in [0.15, 0.2) is 0 Å². The van der Waals surface area contributed by atoms with Crippen LogP contribution >= 0.6 is 0 Å². The van der Waals surface area contributed by atoms with Gasteiger partial charge in [0.1, 0.15) is 0 Å². The van der Waals surface area contributed by atoms with Crippen molar-refractivity contribution in [2.45, 2.75) is 91.8 Å². The zero-order valence-electron chi connectivity index (χ0n) is 15.3. The van der Waals surface area contributed by atoms with Crippen molar-refractivity contribution in [3.8, 4) is 0 Å². The molecule has 21 heavy (non-hydrogen) atoms. The van der Waals surface area contributed by atoms with Crippen LogP contribution in [0.2, 0.25) is 0 Å². The highest BCUT2D eigenvalue weighted by molar-refractivity contribution is 4.94. The van der Waals surface area contributed by atoms with Crippen molar-refractivity contribution in [1.82, 2.24) is 10.2 Å². The fourth-order valence-corrected chi connectivity index (χ4v) is 4.57. The second kappa shape index (κ2) is 7.00. The van der Waals surface area contributed by atoms with Gasteiger partial charge in [0.05, 0.1) is 0 Å². The molecule has 1 saturated heterocycles. The van der Waals surface area contributed by atoms with E-state index in [1.807, 2.05) is 0 Å². The normalized spacial score (nSPS) is 34.6. The average Bonchev–Trinajstić information content (AvgIpc) is 2.36. The molecule has 0 radical (unpaired) electrons. The lowest BCUT2D eigenvalue weighted by Gasteiger charge is -2.50. The molecule has 3 unspecified atom stereocenters. The van der Waals surface area contributed by atoms with Crippen LogP contribution in [0.1, 0.15) is 73.6 Å². The van der Waals surface area contributed by atoms with Crippen molar-refractivity contribution in [2.75, 3.05) is 13.1 Å². The molecule has 0 spiro atoms. The summed E-state index contributed by atoms with van der Waals surface area (Å²) in [4.78, 5) is 2.90. The molecule has 0 aromatic heterocycles. The van der Waals surface area contributed by atoms with Crippen molar-refractivity contribution >= 4 is 0 Å². The van der Waals surface area contributed by atoms with Crippen LogP contribution in [0.5, 0.6) is 0 Å². The molecule has 0 aromatic rings. The maximum Gasteiger partial charge on any atom is 0.0247 e. The van der Waals surface area contributed by atoms with Gasteiger partial charge in [-0.15, -0.1) is 0 Å². The fraction of sp³-hybridized carbons (Fsp3) is 1.00. The molecule has 3 atom stereocenters. The van der Waals surface area contributed by atoms with E-state index in [1.165, 1.54) is 45.2 Å². The Hall–Kier alpha value is -0.0800. The van der Waals surface area contributed by atoms with Crippen LogP contribution in [0.3, 0.4) is 0 Å². The zero-order valence-corrected chi connectivity index (χ0v) is 15.3. The van der Waals surface area contributed by atoms with E-state index in [9.17, 15) is 0 Å². The zero-order chi connectivity index (χ0) is 15.6. The highest BCUT2D eigenvalue weighted by Crippen LogP contribution is 2.39. The van der Waals surface area contributed by atoms with Gasteiger partial charge >= 0.3 is 0 Å². The van der Waals surface area contributed by atoms with Gasteiger partial charge in [0.25, 0.3) is 0 Å².